The minimum Gasteiger partial charge on any atom is -0.388 e. The van der Waals surface area contributed by atoms with E-state index in [1.54, 1.807) is 0 Å². The lowest BCUT2D eigenvalue weighted by Gasteiger charge is -2.32. The van der Waals surface area contributed by atoms with Gasteiger partial charge in [-0.3, -0.25) is 4.68 Å². The number of ether oxygens (including phenoxy) is 1. The van der Waals surface area contributed by atoms with Gasteiger partial charge in [0.1, 0.15) is 0 Å². The van der Waals surface area contributed by atoms with Gasteiger partial charge in [0.25, 0.3) is 0 Å². The Morgan fingerprint density at radius 3 is 2.76 bits per heavy atom. The molecule has 2 N–H and O–H groups in total. The van der Waals surface area contributed by atoms with Crippen LogP contribution in [0.1, 0.15) is 24.8 Å². The first-order valence-corrected chi connectivity index (χ1v) is 8.70. The number of nitrogens with one attached hydrogen (secondary N) is 1. The minimum atomic E-state index is -0.692. The fraction of sp³-hybridized carbons (Fsp3) is 0.474. The third-order valence-electron chi connectivity index (χ3n) is 4.53. The highest BCUT2D eigenvalue weighted by Crippen LogP contribution is 2.23. The van der Waals surface area contributed by atoms with Crippen molar-refractivity contribution in [3.63, 3.8) is 0 Å². The van der Waals surface area contributed by atoms with Crippen molar-refractivity contribution in [3.8, 4) is 17.3 Å². The molecule has 25 heavy (non-hydrogen) atoms. The Balaban J connectivity index is 1.70. The van der Waals surface area contributed by atoms with Crippen molar-refractivity contribution < 1.29 is 9.84 Å². The van der Waals surface area contributed by atoms with E-state index in [-0.39, 0.29) is 0 Å². The molecular formula is C19H24N4O2. The fourth-order valence-electron chi connectivity index (χ4n) is 3.07. The van der Waals surface area contributed by atoms with Gasteiger partial charge in [-0.25, -0.2) is 0 Å². The fourth-order valence-corrected chi connectivity index (χ4v) is 3.07. The van der Waals surface area contributed by atoms with Gasteiger partial charge >= 0.3 is 0 Å². The van der Waals surface area contributed by atoms with Crippen LogP contribution in [0.3, 0.4) is 0 Å². The van der Waals surface area contributed by atoms with Gasteiger partial charge in [-0.15, -0.1) is 0 Å². The van der Waals surface area contributed by atoms with Gasteiger partial charge in [-0.05, 0) is 0 Å². The number of benzene rings is 1. The molecule has 6 heteroatoms. The average Bonchev–Trinajstić information content (AvgIpc) is 3.04. The van der Waals surface area contributed by atoms with Crippen molar-refractivity contribution in [3.05, 3.63) is 42.1 Å². The first-order chi connectivity index (χ1) is 12.2. The van der Waals surface area contributed by atoms with Crippen LogP contribution in [0.4, 0.5) is 0 Å². The Morgan fingerprint density at radius 1 is 1.28 bits per heavy atom. The number of nitriles is 1. The van der Waals surface area contributed by atoms with E-state index in [0.29, 0.717) is 52.1 Å². The topological polar surface area (TPSA) is 83.1 Å². The summed E-state index contributed by atoms with van der Waals surface area (Å²) in [5.41, 5.74) is 2.35. The molecular weight excluding hydrogens is 316 g/mol. The molecule has 2 heterocycles. The number of aryl methyl sites for hydroxylation is 1. The van der Waals surface area contributed by atoms with Gasteiger partial charge in [0.2, 0.25) is 0 Å². The second-order valence-electron chi connectivity index (χ2n) is 6.48. The largest absolute Gasteiger partial charge is 0.388 e. The molecule has 6 nitrogen and oxygen atoms in total. The number of nitrogens with zero attached hydrogens (tertiary/aromatic N) is 3. The van der Waals surface area contributed by atoms with Gasteiger partial charge in [-0.1, -0.05) is 30.3 Å². The Morgan fingerprint density at radius 2 is 2.04 bits per heavy atom. The van der Waals surface area contributed by atoms with Gasteiger partial charge in [0.15, 0.2) is 0 Å². The molecule has 0 saturated carbocycles. The van der Waals surface area contributed by atoms with E-state index in [1.807, 2.05) is 41.2 Å². The van der Waals surface area contributed by atoms with Gasteiger partial charge in [0.05, 0.1) is 30.3 Å². The molecule has 0 unspecified atom stereocenters. The average molecular weight is 340 g/mol. The summed E-state index contributed by atoms with van der Waals surface area (Å²) in [6.07, 6.45) is 3.74. The van der Waals surface area contributed by atoms with Crippen molar-refractivity contribution in [2.24, 2.45) is 0 Å². The summed E-state index contributed by atoms with van der Waals surface area (Å²) in [5.74, 6) is 0. The van der Waals surface area contributed by atoms with Crippen LogP contribution in [0.2, 0.25) is 0 Å². The van der Waals surface area contributed by atoms with Gasteiger partial charge in [0, 0.05) is 56.5 Å². The lowest BCUT2D eigenvalue weighted by molar-refractivity contribution is -0.0616. The lowest BCUT2D eigenvalue weighted by atomic mass is 9.94. The molecule has 0 amide bonds. The predicted molar refractivity (Wildman–Crippen MR) is 94.6 cm³/mol. The van der Waals surface area contributed by atoms with E-state index in [0.717, 1.165) is 16.8 Å². The molecule has 0 atom stereocenters. The van der Waals surface area contributed by atoms with Crippen LogP contribution in [-0.2, 0) is 17.8 Å². The molecule has 0 spiro atoms. The second-order valence-corrected chi connectivity index (χ2v) is 6.48. The number of hydrogen-bond acceptors (Lipinski definition) is 5. The first kappa shape index (κ1) is 17.6. The molecule has 3 rings (SSSR count). The molecule has 1 aliphatic heterocycles. The van der Waals surface area contributed by atoms with E-state index in [9.17, 15) is 5.11 Å². The standard InChI is InChI=1S/C19H24N4O2/c20-9-4-10-23-14-17(18(22-23)16-5-2-1-3-6-16)13-21-15-19(24)7-11-25-12-8-19/h1-3,5-6,14,21,24H,4,7-8,10-13,15H2. The van der Waals surface area contributed by atoms with Crippen LogP contribution in [-0.4, -0.2) is 40.2 Å². The SMILES string of the molecule is N#CCCn1cc(CNCC2(O)CCOCC2)c(-c2ccccc2)n1. The Labute approximate surface area is 148 Å². The van der Waals surface area contributed by atoms with E-state index < -0.39 is 5.60 Å². The molecule has 1 aromatic heterocycles. The van der Waals surface area contributed by atoms with Gasteiger partial charge in [-0.2, -0.15) is 10.4 Å². The molecule has 132 valence electrons. The molecule has 0 aliphatic carbocycles. The first-order valence-electron chi connectivity index (χ1n) is 8.70. The highest BCUT2D eigenvalue weighted by Gasteiger charge is 2.29. The highest BCUT2D eigenvalue weighted by atomic mass is 16.5. The zero-order valence-corrected chi connectivity index (χ0v) is 14.3. The van der Waals surface area contributed by atoms with Crippen LogP contribution in [0.25, 0.3) is 11.3 Å². The van der Waals surface area contributed by atoms with Crippen LogP contribution < -0.4 is 5.32 Å². The van der Waals surface area contributed by atoms with Crippen LogP contribution >= 0.6 is 0 Å². The Bertz CT molecular complexity index is 715. The summed E-state index contributed by atoms with van der Waals surface area (Å²) in [7, 11) is 0. The van der Waals surface area contributed by atoms with Crippen molar-refractivity contribution in [2.45, 2.75) is 38.0 Å². The number of aliphatic hydroxyl groups is 1. The molecule has 1 aliphatic rings. The van der Waals surface area contributed by atoms with Crippen molar-refractivity contribution in [1.29, 1.82) is 5.26 Å². The number of hydrogen-bond donors (Lipinski definition) is 2. The summed E-state index contributed by atoms with van der Waals surface area (Å²) >= 11 is 0. The lowest BCUT2D eigenvalue weighted by Crippen LogP contribution is -2.44. The van der Waals surface area contributed by atoms with E-state index in [2.05, 4.69) is 16.5 Å². The number of rotatable bonds is 7. The summed E-state index contributed by atoms with van der Waals surface area (Å²) < 4.78 is 7.15. The second kappa shape index (κ2) is 8.26. The summed E-state index contributed by atoms with van der Waals surface area (Å²) in [4.78, 5) is 0. The van der Waals surface area contributed by atoms with Gasteiger partial charge < -0.3 is 15.2 Å². The molecule has 2 aromatic rings. The van der Waals surface area contributed by atoms with E-state index >= 15 is 0 Å². The van der Waals surface area contributed by atoms with Crippen molar-refractivity contribution in [1.82, 2.24) is 15.1 Å². The highest BCUT2D eigenvalue weighted by molar-refractivity contribution is 5.62. The van der Waals surface area contributed by atoms with E-state index in [4.69, 9.17) is 10.00 Å². The number of aromatic nitrogens is 2. The van der Waals surface area contributed by atoms with E-state index in [1.165, 1.54) is 0 Å². The smallest absolute Gasteiger partial charge is 0.0968 e. The summed E-state index contributed by atoms with van der Waals surface area (Å²) in [6, 6.07) is 12.2. The molecule has 0 radical (unpaired) electrons. The maximum atomic E-state index is 10.6. The zero-order chi connectivity index (χ0) is 17.5. The molecule has 1 saturated heterocycles. The zero-order valence-electron chi connectivity index (χ0n) is 14.3. The molecule has 1 fully saturated rings. The van der Waals surface area contributed by atoms with Crippen LogP contribution in [0.15, 0.2) is 36.5 Å². The third kappa shape index (κ3) is 4.67. The normalized spacial score (nSPS) is 16.5. The maximum Gasteiger partial charge on any atom is 0.0968 e. The minimum absolute atomic E-state index is 0.433. The third-order valence-corrected chi connectivity index (χ3v) is 4.53. The van der Waals surface area contributed by atoms with Crippen molar-refractivity contribution >= 4 is 0 Å². The van der Waals surface area contributed by atoms with Crippen LogP contribution in [0, 0.1) is 11.3 Å². The van der Waals surface area contributed by atoms with Crippen LogP contribution in [0.5, 0.6) is 0 Å². The summed E-state index contributed by atoms with van der Waals surface area (Å²) in [5, 5.41) is 27.4. The monoisotopic (exact) mass is 340 g/mol. The predicted octanol–water partition coefficient (Wildman–Crippen LogP) is 2.09. The Hall–Kier alpha value is -2.20. The Kier molecular flexibility index (Phi) is 5.82. The summed E-state index contributed by atoms with van der Waals surface area (Å²) in [6.45, 7) is 2.96. The quantitative estimate of drug-likeness (QED) is 0.806. The van der Waals surface area contributed by atoms with Crippen molar-refractivity contribution in [2.75, 3.05) is 19.8 Å². The maximum absolute atomic E-state index is 10.6. The molecule has 1 aromatic carbocycles. The molecule has 0 bridgehead atoms.